The first kappa shape index (κ1) is 15.0. The van der Waals surface area contributed by atoms with Gasteiger partial charge in [0.25, 0.3) is 0 Å². The molecule has 0 saturated carbocycles. The lowest BCUT2D eigenvalue weighted by molar-refractivity contribution is -0.128. The van der Waals surface area contributed by atoms with E-state index in [1.54, 1.807) is 18.9 Å². The predicted molar refractivity (Wildman–Crippen MR) is 67.5 cm³/mol. The number of ether oxygens (including phenoxy) is 1. The topological polar surface area (TPSA) is 26.3 Å². The van der Waals surface area contributed by atoms with Gasteiger partial charge in [-0.1, -0.05) is 27.7 Å². The fourth-order valence-electron chi connectivity index (χ4n) is 1.44. The van der Waals surface area contributed by atoms with Crippen molar-refractivity contribution in [2.75, 3.05) is 13.4 Å². The van der Waals surface area contributed by atoms with Gasteiger partial charge in [-0.3, -0.25) is 4.79 Å². The molecule has 0 saturated heterocycles. The first-order chi connectivity index (χ1) is 6.86. The fraction of sp³-hybridized carbons (Fsp3) is 0.917. The van der Waals surface area contributed by atoms with E-state index in [0.29, 0.717) is 11.7 Å². The number of carbonyl (C=O) groups is 1. The van der Waals surface area contributed by atoms with Gasteiger partial charge in [-0.2, -0.15) is 11.8 Å². The van der Waals surface area contributed by atoms with E-state index < -0.39 is 0 Å². The molecule has 0 spiro atoms. The summed E-state index contributed by atoms with van der Waals surface area (Å²) in [5.74, 6) is 0.279. The summed E-state index contributed by atoms with van der Waals surface area (Å²) in [7, 11) is 1.69. The number of methoxy groups -OCH3 is 1. The molecule has 0 rings (SSSR count). The lowest BCUT2D eigenvalue weighted by atomic mass is 9.87. The van der Waals surface area contributed by atoms with E-state index in [2.05, 4.69) is 13.2 Å². The van der Waals surface area contributed by atoms with Crippen LogP contribution in [0.15, 0.2) is 0 Å². The zero-order valence-corrected chi connectivity index (χ0v) is 11.6. The van der Waals surface area contributed by atoms with Gasteiger partial charge in [0.05, 0.1) is 6.10 Å². The second-order valence-corrected chi connectivity index (χ2v) is 5.91. The average Bonchev–Trinajstić information content (AvgIpc) is 2.16. The van der Waals surface area contributed by atoms with E-state index in [9.17, 15) is 4.79 Å². The van der Waals surface area contributed by atoms with Crippen molar-refractivity contribution in [3.05, 3.63) is 0 Å². The molecule has 0 aliphatic carbocycles. The molecule has 0 unspecified atom stereocenters. The normalized spacial score (nSPS) is 16.1. The van der Waals surface area contributed by atoms with Gasteiger partial charge >= 0.3 is 0 Å². The van der Waals surface area contributed by atoms with Crippen LogP contribution < -0.4 is 0 Å². The van der Waals surface area contributed by atoms with E-state index in [1.807, 2.05) is 20.8 Å². The van der Waals surface area contributed by atoms with E-state index in [4.69, 9.17) is 4.74 Å². The summed E-state index contributed by atoms with van der Waals surface area (Å²) in [4.78, 5) is 11.9. The molecule has 0 aromatic carbocycles. The van der Waals surface area contributed by atoms with E-state index in [1.165, 1.54) is 0 Å². The highest BCUT2D eigenvalue weighted by molar-refractivity contribution is 7.99. The molecule has 0 aliphatic rings. The van der Waals surface area contributed by atoms with Gasteiger partial charge in [0.2, 0.25) is 0 Å². The number of thioether (sulfide) groups is 1. The number of hydrogen-bond donors (Lipinski definition) is 0. The Morgan fingerprint density at radius 1 is 1.40 bits per heavy atom. The molecule has 0 heterocycles. The Morgan fingerprint density at radius 2 is 1.93 bits per heavy atom. The quantitative estimate of drug-likeness (QED) is 0.703. The van der Waals surface area contributed by atoms with Crippen molar-refractivity contribution in [1.82, 2.24) is 0 Å². The molecule has 0 aromatic rings. The molecule has 0 aliphatic heterocycles. The van der Waals surface area contributed by atoms with Crippen molar-refractivity contribution in [2.24, 2.45) is 5.41 Å². The van der Waals surface area contributed by atoms with Gasteiger partial charge in [0.1, 0.15) is 5.78 Å². The molecular formula is C12H24O2S. The van der Waals surface area contributed by atoms with Gasteiger partial charge in [0, 0.05) is 24.2 Å². The Labute approximate surface area is 98.2 Å². The molecule has 90 valence electrons. The van der Waals surface area contributed by atoms with Crippen LogP contribution in [-0.4, -0.2) is 30.5 Å². The van der Waals surface area contributed by atoms with E-state index in [-0.39, 0.29) is 17.3 Å². The second kappa shape index (κ2) is 6.54. The van der Waals surface area contributed by atoms with Gasteiger partial charge < -0.3 is 4.74 Å². The highest BCUT2D eigenvalue weighted by atomic mass is 32.2. The van der Waals surface area contributed by atoms with Crippen LogP contribution in [0.4, 0.5) is 0 Å². The van der Waals surface area contributed by atoms with Crippen molar-refractivity contribution >= 4 is 17.5 Å². The molecule has 2 nitrogen and oxygen atoms in total. The van der Waals surface area contributed by atoms with Crippen molar-refractivity contribution in [3.8, 4) is 0 Å². The standard InChI is InChI=1S/C12H24O2S/c1-7-10(15-6)9(14-5)8-11(13)12(2,3)4/h9-10H,7-8H2,1-6H3/t9-,10+/m1/s1. The molecule has 15 heavy (non-hydrogen) atoms. The number of ketones is 1. The molecule has 0 fully saturated rings. The summed E-state index contributed by atoms with van der Waals surface area (Å²) in [5, 5.41) is 0.418. The summed E-state index contributed by atoms with van der Waals surface area (Å²) < 4.78 is 5.42. The number of carbonyl (C=O) groups excluding carboxylic acids is 1. The Kier molecular flexibility index (Phi) is 6.53. The third-order valence-corrected chi connectivity index (χ3v) is 3.89. The highest BCUT2D eigenvalue weighted by Gasteiger charge is 2.28. The van der Waals surface area contributed by atoms with Crippen LogP contribution in [0.25, 0.3) is 0 Å². The predicted octanol–water partition coefficient (Wildman–Crippen LogP) is 3.15. The maximum Gasteiger partial charge on any atom is 0.140 e. The van der Waals surface area contributed by atoms with Crippen LogP contribution in [0.3, 0.4) is 0 Å². The minimum atomic E-state index is -0.256. The van der Waals surface area contributed by atoms with Gasteiger partial charge in [-0.05, 0) is 12.7 Å². The first-order valence-electron chi connectivity index (χ1n) is 5.45. The van der Waals surface area contributed by atoms with Crippen molar-refractivity contribution in [1.29, 1.82) is 0 Å². The molecule has 0 N–H and O–H groups in total. The van der Waals surface area contributed by atoms with Gasteiger partial charge in [-0.25, -0.2) is 0 Å². The highest BCUT2D eigenvalue weighted by Crippen LogP contribution is 2.24. The number of rotatable bonds is 6. The minimum Gasteiger partial charge on any atom is -0.380 e. The Bertz CT molecular complexity index is 192. The Hall–Kier alpha value is -0.0200. The average molecular weight is 232 g/mol. The van der Waals surface area contributed by atoms with E-state index >= 15 is 0 Å². The largest absolute Gasteiger partial charge is 0.380 e. The van der Waals surface area contributed by atoms with E-state index in [0.717, 1.165) is 6.42 Å². The summed E-state index contributed by atoms with van der Waals surface area (Å²) >= 11 is 1.78. The summed E-state index contributed by atoms with van der Waals surface area (Å²) in [6.07, 6.45) is 3.69. The minimum absolute atomic E-state index is 0.0525. The summed E-state index contributed by atoms with van der Waals surface area (Å²) in [5.41, 5.74) is -0.256. The Morgan fingerprint density at radius 3 is 2.20 bits per heavy atom. The molecule has 0 bridgehead atoms. The third kappa shape index (κ3) is 5.03. The number of Topliss-reactive ketones (excluding diaryl/α,β-unsaturated/α-hetero) is 1. The van der Waals surface area contributed by atoms with Crippen LogP contribution in [0.2, 0.25) is 0 Å². The van der Waals surface area contributed by atoms with Crippen molar-refractivity contribution in [2.45, 2.75) is 51.9 Å². The molecule has 2 atom stereocenters. The van der Waals surface area contributed by atoms with Crippen LogP contribution in [0.1, 0.15) is 40.5 Å². The maximum atomic E-state index is 11.9. The zero-order valence-electron chi connectivity index (χ0n) is 10.8. The van der Waals surface area contributed by atoms with Crippen molar-refractivity contribution < 1.29 is 9.53 Å². The third-order valence-electron chi connectivity index (χ3n) is 2.65. The Balaban J connectivity index is 4.39. The molecule has 0 amide bonds. The van der Waals surface area contributed by atoms with Gasteiger partial charge in [-0.15, -0.1) is 0 Å². The fourth-order valence-corrected chi connectivity index (χ4v) is 2.28. The monoisotopic (exact) mass is 232 g/mol. The first-order valence-corrected chi connectivity index (χ1v) is 6.74. The zero-order chi connectivity index (χ0) is 12.1. The molecule has 0 aromatic heterocycles. The van der Waals surface area contributed by atoms with Gasteiger partial charge in [0.15, 0.2) is 0 Å². The van der Waals surface area contributed by atoms with Crippen LogP contribution in [-0.2, 0) is 9.53 Å². The SMILES string of the molecule is CC[C@H](SC)[C@@H](CC(=O)C(C)(C)C)OC. The summed E-state index contributed by atoms with van der Waals surface area (Å²) in [6, 6.07) is 0. The van der Waals surface area contributed by atoms with Crippen LogP contribution >= 0.6 is 11.8 Å². The van der Waals surface area contributed by atoms with Crippen molar-refractivity contribution in [3.63, 3.8) is 0 Å². The molecule has 0 radical (unpaired) electrons. The lowest BCUT2D eigenvalue weighted by Crippen LogP contribution is -2.32. The maximum absolute atomic E-state index is 11.9. The van der Waals surface area contributed by atoms with Crippen LogP contribution in [0.5, 0.6) is 0 Å². The second-order valence-electron chi connectivity index (χ2n) is 4.83. The smallest absolute Gasteiger partial charge is 0.140 e. The lowest BCUT2D eigenvalue weighted by Gasteiger charge is -2.26. The summed E-state index contributed by atoms with van der Waals surface area (Å²) in [6.45, 7) is 8.01. The van der Waals surface area contributed by atoms with Crippen LogP contribution in [0, 0.1) is 5.41 Å². The molecular weight excluding hydrogens is 208 g/mol. The molecule has 3 heteroatoms. The number of hydrogen-bond acceptors (Lipinski definition) is 3.